The van der Waals surface area contributed by atoms with Crippen molar-refractivity contribution in [1.82, 2.24) is 4.98 Å². The summed E-state index contributed by atoms with van der Waals surface area (Å²) in [7, 11) is 0. The molecule has 0 saturated heterocycles. The lowest BCUT2D eigenvalue weighted by molar-refractivity contribution is 0.584. The van der Waals surface area contributed by atoms with E-state index in [1.54, 1.807) is 12.3 Å². The van der Waals surface area contributed by atoms with Crippen molar-refractivity contribution in [2.45, 2.75) is 27.2 Å². The fourth-order valence-electron chi connectivity index (χ4n) is 1.61. The first-order chi connectivity index (χ1) is 7.66. The first-order valence-corrected chi connectivity index (χ1v) is 5.38. The molecule has 0 aliphatic heterocycles. The van der Waals surface area contributed by atoms with Crippen LogP contribution in [0.5, 0.6) is 0 Å². The molecule has 0 amide bonds. The number of pyridine rings is 1. The predicted octanol–water partition coefficient (Wildman–Crippen LogP) is 4.89. The van der Waals surface area contributed by atoms with Crippen molar-refractivity contribution in [3.8, 4) is 11.1 Å². The van der Waals surface area contributed by atoms with Crippen LogP contribution in [0.2, 0.25) is 0 Å². The summed E-state index contributed by atoms with van der Waals surface area (Å²) in [5.74, 6) is 0.0861. The summed E-state index contributed by atoms with van der Waals surface area (Å²) in [5, 5.41) is 0. The van der Waals surface area contributed by atoms with E-state index in [1.807, 2.05) is 12.1 Å². The van der Waals surface area contributed by atoms with Crippen LogP contribution in [0.15, 0.2) is 42.6 Å². The zero-order valence-electron chi connectivity index (χ0n) is 9.44. The van der Waals surface area contributed by atoms with E-state index in [0.29, 0.717) is 5.92 Å². The predicted molar refractivity (Wildman–Crippen MR) is 72.6 cm³/mol. The normalized spacial score (nSPS) is 10.1. The average Bonchev–Trinajstić information content (AvgIpc) is 2.30. The van der Waals surface area contributed by atoms with Crippen molar-refractivity contribution in [3.05, 3.63) is 54.1 Å². The number of hydrogen-bond donors (Lipinski definition) is 0. The van der Waals surface area contributed by atoms with E-state index in [4.69, 9.17) is 0 Å². The van der Waals surface area contributed by atoms with Gasteiger partial charge in [-0.2, -0.15) is 4.39 Å². The van der Waals surface area contributed by atoms with E-state index in [2.05, 4.69) is 31.0 Å². The van der Waals surface area contributed by atoms with Gasteiger partial charge in [-0.3, -0.25) is 0 Å². The molecule has 0 unspecified atom stereocenters. The van der Waals surface area contributed by atoms with Crippen LogP contribution in [0.4, 0.5) is 4.39 Å². The molecule has 0 saturated carbocycles. The fraction of sp³-hybridized carbons (Fsp3) is 0.267. The van der Waals surface area contributed by atoms with Crippen molar-refractivity contribution in [1.29, 1.82) is 0 Å². The SMILES string of the molecule is C.CC(C)c1ccc(-c2ccc(F)nc2)cc1.[HH]. The van der Waals surface area contributed by atoms with Crippen LogP contribution in [-0.2, 0) is 0 Å². The fourth-order valence-corrected chi connectivity index (χ4v) is 1.61. The molecular formula is C15H20FN. The minimum Gasteiger partial charge on any atom is -0.228 e. The molecule has 0 aliphatic carbocycles. The Morgan fingerprint density at radius 1 is 1.00 bits per heavy atom. The van der Waals surface area contributed by atoms with Gasteiger partial charge in [0.1, 0.15) is 0 Å². The summed E-state index contributed by atoms with van der Waals surface area (Å²) in [4.78, 5) is 3.65. The van der Waals surface area contributed by atoms with Gasteiger partial charge < -0.3 is 0 Å². The summed E-state index contributed by atoms with van der Waals surface area (Å²) in [6, 6.07) is 11.4. The lowest BCUT2D eigenvalue weighted by Crippen LogP contribution is -1.87. The van der Waals surface area contributed by atoms with Gasteiger partial charge in [0, 0.05) is 13.2 Å². The maximum Gasteiger partial charge on any atom is 0.212 e. The summed E-state index contributed by atoms with van der Waals surface area (Å²) in [5.41, 5.74) is 3.31. The summed E-state index contributed by atoms with van der Waals surface area (Å²) >= 11 is 0. The molecule has 0 radical (unpaired) electrons. The highest BCUT2D eigenvalue weighted by Gasteiger charge is 2.01. The van der Waals surface area contributed by atoms with E-state index in [9.17, 15) is 4.39 Å². The van der Waals surface area contributed by atoms with Gasteiger partial charge in [-0.1, -0.05) is 45.5 Å². The van der Waals surface area contributed by atoms with Gasteiger partial charge in [0.2, 0.25) is 5.95 Å². The largest absolute Gasteiger partial charge is 0.228 e. The third-order valence-electron chi connectivity index (χ3n) is 2.64. The highest BCUT2D eigenvalue weighted by molar-refractivity contribution is 5.62. The molecule has 1 aromatic carbocycles. The second-order valence-corrected chi connectivity index (χ2v) is 4.15. The van der Waals surface area contributed by atoms with Crippen LogP contribution in [0, 0.1) is 5.95 Å². The molecule has 1 heterocycles. The smallest absolute Gasteiger partial charge is 0.212 e. The van der Waals surface area contributed by atoms with Crippen LogP contribution in [0.25, 0.3) is 11.1 Å². The monoisotopic (exact) mass is 233 g/mol. The number of rotatable bonds is 2. The third-order valence-corrected chi connectivity index (χ3v) is 2.64. The number of aromatic nitrogens is 1. The van der Waals surface area contributed by atoms with Gasteiger partial charge in [0.15, 0.2) is 0 Å². The standard InChI is InChI=1S/C14H14FN.CH4.H2/c1-10(2)11-3-5-12(6-4-11)13-7-8-14(15)16-9-13;;/h3-10H,1-2H3;1H4;1H. The van der Waals surface area contributed by atoms with Crippen molar-refractivity contribution in [3.63, 3.8) is 0 Å². The molecule has 92 valence electrons. The molecule has 0 bridgehead atoms. The molecule has 2 heteroatoms. The van der Waals surface area contributed by atoms with Crippen molar-refractivity contribution < 1.29 is 5.82 Å². The average molecular weight is 233 g/mol. The minimum atomic E-state index is -0.442. The van der Waals surface area contributed by atoms with Crippen molar-refractivity contribution in [2.24, 2.45) is 0 Å². The molecule has 2 rings (SSSR count). The third kappa shape index (κ3) is 3.13. The van der Waals surface area contributed by atoms with Gasteiger partial charge in [0.25, 0.3) is 0 Å². The Bertz CT molecular complexity index is 463. The van der Waals surface area contributed by atoms with Gasteiger partial charge in [-0.05, 0) is 29.2 Å². The van der Waals surface area contributed by atoms with Crippen LogP contribution in [0.3, 0.4) is 0 Å². The van der Waals surface area contributed by atoms with Gasteiger partial charge in [-0.15, -0.1) is 0 Å². The van der Waals surface area contributed by atoms with Crippen LogP contribution < -0.4 is 0 Å². The lowest BCUT2D eigenvalue weighted by atomic mass is 10.00. The van der Waals surface area contributed by atoms with Crippen molar-refractivity contribution >= 4 is 0 Å². The molecule has 0 atom stereocenters. The molecule has 1 aromatic heterocycles. The zero-order valence-corrected chi connectivity index (χ0v) is 9.44. The Morgan fingerprint density at radius 2 is 1.59 bits per heavy atom. The molecule has 17 heavy (non-hydrogen) atoms. The van der Waals surface area contributed by atoms with E-state index < -0.39 is 5.95 Å². The quantitative estimate of drug-likeness (QED) is 0.673. The Labute approximate surface area is 104 Å². The highest BCUT2D eigenvalue weighted by Crippen LogP contribution is 2.21. The van der Waals surface area contributed by atoms with E-state index in [-0.39, 0.29) is 8.85 Å². The molecule has 0 spiro atoms. The van der Waals surface area contributed by atoms with Crippen LogP contribution >= 0.6 is 0 Å². The second kappa shape index (κ2) is 5.58. The molecule has 0 N–H and O–H groups in total. The van der Waals surface area contributed by atoms with E-state index in [1.165, 1.54) is 11.6 Å². The first kappa shape index (κ1) is 13.4. The van der Waals surface area contributed by atoms with Gasteiger partial charge in [-0.25, -0.2) is 4.98 Å². The molecular weight excluding hydrogens is 213 g/mol. The summed E-state index contributed by atoms with van der Waals surface area (Å²) in [6.07, 6.45) is 1.56. The van der Waals surface area contributed by atoms with Crippen LogP contribution in [0.1, 0.15) is 34.2 Å². The molecule has 2 aromatic rings. The van der Waals surface area contributed by atoms with Gasteiger partial charge >= 0.3 is 0 Å². The highest BCUT2D eigenvalue weighted by atomic mass is 19.1. The van der Waals surface area contributed by atoms with E-state index >= 15 is 0 Å². The number of hydrogen-bond acceptors (Lipinski definition) is 1. The zero-order chi connectivity index (χ0) is 11.5. The Morgan fingerprint density at radius 3 is 2.06 bits per heavy atom. The lowest BCUT2D eigenvalue weighted by Gasteiger charge is -2.06. The number of benzene rings is 1. The van der Waals surface area contributed by atoms with Crippen LogP contribution in [-0.4, -0.2) is 4.98 Å². The Hall–Kier alpha value is -1.70. The van der Waals surface area contributed by atoms with Crippen molar-refractivity contribution in [2.75, 3.05) is 0 Å². The minimum absolute atomic E-state index is 0. The molecule has 0 fully saturated rings. The molecule has 0 aliphatic rings. The van der Waals surface area contributed by atoms with E-state index in [0.717, 1.165) is 11.1 Å². The Kier molecular flexibility index (Phi) is 4.38. The topological polar surface area (TPSA) is 12.9 Å². The maximum atomic E-state index is 12.7. The number of halogens is 1. The Balaban J connectivity index is 0.00000144. The summed E-state index contributed by atoms with van der Waals surface area (Å²) in [6.45, 7) is 4.32. The first-order valence-electron chi connectivity index (χ1n) is 5.38. The summed E-state index contributed by atoms with van der Waals surface area (Å²) < 4.78 is 12.7. The maximum absolute atomic E-state index is 12.7. The van der Waals surface area contributed by atoms with Gasteiger partial charge in [0.05, 0.1) is 0 Å². The second-order valence-electron chi connectivity index (χ2n) is 4.15. The number of nitrogens with zero attached hydrogens (tertiary/aromatic N) is 1. The molecule has 1 nitrogen and oxygen atoms in total.